The molecule has 0 aromatic heterocycles. The Morgan fingerprint density at radius 1 is 1.24 bits per heavy atom. The number of nitrogens with zero attached hydrogens (tertiary/aromatic N) is 1. The molecule has 7 nitrogen and oxygen atoms in total. The molecule has 1 aliphatic rings. The Balaban J connectivity index is 1.88. The average Bonchev–Trinajstić information content (AvgIpc) is 2.65. The summed E-state index contributed by atoms with van der Waals surface area (Å²) in [5.74, 6) is -0.00730. The first-order chi connectivity index (χ1) is 11.9. The van der Waals surface area contributed by atoms with Crippen molar-refractivity contribution in [2.24, 2.45) is 0 Å². The number of nitrogens with one attached hydrogen (secondary N) is 2. The number of hydrogen-bond acceptors (Lipinski definition) is 5. The molecule has 0 saturated carbocycles. The number of benzene rings is 1. The van der Waals surface area contributed by atoms with Gasteiger partial charge in [-0.1, -0.05) is 12.1 Å². The summed E-state index contributed by atoms with van der Waals surface area (Å²) in [7, 11) is -1.61. The van der Waals surface area contributed by atoms with E-state index in [1.807, 2.05) is 14.0 Å². The SMILES string of the molecule is CNC(C)CNC(=O)CCc1ccc(S(=O)(=O)N2CCOCC2)cc1. The molecule has 25 heavy (non-hydrogen) atoms. The Morgan fingerprint density at radius 3 is 2.48 bits per heavy atom. The van der Waals surface area contributed by atoms with E-state index in [9.17, 15) is 13.2 Å². The monoisotopic (exact) mass is 369 g/mol. The molecule has 8 heteroatoms. The Kier molecular flexibility index (Phi) is 7.37. The van der Waals surface area contributed by atoms with Crippen molar-refractivity contribution in [3.05, 3.63) is 29.8 Å². The number of hydrogen-bond donors (Lipinski definition) is 2. The first-order valence-corrected chi connectivity index (χ1v) is 9.98. The van der Waals surface area contributed by atoms with E-state index in [1.54, 1.807) is 24.3 Å². The fourth-order valence-corrected chi connectivity index (χ4v) is 3.89. The highest BCUT2D eigenvalue weighted by Crippen LogP contribution is 2.18. The van der Waals surface area contributed by atoms with E-state index in [-0.39, 0.29) is 16.8 Å². The maximum absolute atomic E-state index is 12.5. The van der Waals surface area contributed by atoms with Crippen molar-refractivity contribution in [1.82, 2.24) is 14.9 Å². The van der Waals surface area contributed by atoms with Gasteiger partial charge in [0.05, 0.1) is 18.1 Å². The lowest BCUT2D eigenvalue weighted by Crippen LogP contribution is -2.40. The van der Waals surface area contributed by atoms with Crippen molar-refractivity contribution in [3.63, 3.8) is 0 Å². The van der Waals surface area contributed by atoms with Crippen LogP contribution in [0.25, 0.3) is 0 Å². The van der Waals surface area contributed by atoms with Crippen LogP contribution in [0, 0.1) is 0 Å². The Bertz CT molecular complexity index is 655. The van der Waals surface area contributed by atoms with E-state index < -0.39 is 10.0 Å². The zero-order valence-corrected chi connectivity index (χ0v) is 15.6. The molecular weight excluding hydrogens is 342 g/mol. The maximum atomic E-state index is 12.5. The van der Waals surface area contributed by atoms with Crippen molar-refractivity contribution in [2.45, 2.75) is 30.7 Å². The maximum Gasteiger partial charge on any atom is 0.243 e. The normalized spacial score (nSPS) is 17.2. The average molecular weight is 369 g/mol. The lowest BCUT2D eigenvalue weighted by molar-refractivity contribution is -0.121. The number of likely N-dealkylation sites (N-methyl/N-ethyl adjacent to an activating group) is 1. The third-order valence-corrected chi connectivity index (χ3v) is 6.18. The van der Waals surface area contributed by atoms with Gasteiger partial charge < -0.3 is 15.4 Å². The van der Waals surface area contributed by atoms with Crippen LogP contribution in [0.5, 0.6) is 0 Å². The minimum absolute atomic E-state index is 0.00730. The molecular formula is C17H27N3O4S. The third kappa shape index (κ3) is 5.78. The lowest BCUT2D eigenvalue weighted by Gasteiger charge is -2.26. The van der Waals surface area contributed by atoms with E-state index in [0.717, 1.165) is 5.56 Å². The fraction of sp³-hybridized carbons (Fsp3) is 0.588. The molecule has 0 spiro atoms. The summed E-state index contributed by atoms with van der Waals surface area (Å²) in [5.41, 5.74) is 0.942. The quantitative estimate of drug-likeness (QED) is 0.691. The van der Waals surface area contributed by atoms with Crippen LogP contribution in [0.15, 0.2) is 29.2 Å². The summed E-state index contributed by atoms with van der Waals surface area (Å²) in [6.45, 7) is 4.21. The zero-order valence-electron chi connectivity index (χ0n) is 14.8. The van der Waals surface area contributed by atoms with Gasteiger partial charge in [0.25, 0.3) is 0 Å². The highest BCUT2D eigenvalue weighted by molar-refractivity contribution is 7.89. The van der Waals surface area contributed by atoms with E-state index in [4.69, 9.17) is 4.74 Å². The summed E-state index contributed by atoms with van der Waals surface area (Å²) in [6.07, 6.45) is 0.962. The molecule has 1 amide bonds. The van der Waals surface area contributed by atoms with Crippen LogP contribution in [-0.2, 0) is 26.0 Å². The molecule has 1 fully saturated rings. The molecule has 1 aliphatic heterocycles. The summed E-state index contributed by atoms with van der Waals surface area (Å²) in [6, 6.07) is 7.00. The molecule has 1 aromatic carbocycles. The summed E-state index contributed by atoms with van der Waals surface area (Å²) < 4.78 is 31.7. The second-order valence-corrected chi connectivity index (χ2v) is 8.09. The van der Waals surface area contributed by atoms with Crippen molar-refractivity contribution in [3.8, 4) is 0 Å². The number of ether oxygens (including phenoxy) is 1. The second-order valence-electron chi connectivity index (χ2n) is 6.15. The summed E-state index contributed by atoms with van der Waals surface area (Å²) in [4.78, 5) is 12.1. The molecule has 0 bridgehead atoms. The standard InChI is InChI=1S/C17H27N3O4S/c1-14(18-2)13-19-17(21)8-5-15-3-6-16(7-4-15)25(22,23)20-9-11-24-12-10-20/h3-4,6-7,14,18H,5,8-13H2,1-2H3,(H,19,21). The first-order valence-electron chi connectivity index (χ1n) is 8.54. The third-order valence-electron chi connectivity index (χ3n) is 4.27. The van der Waals surface area contributed by atoms with Gasteiger partial charge in [-0.2, -0.15) is 4.31 Å². The molecule has 0 aliphatic carbocycles. The number of amides is 1. The topological polar surface area (TPSA) is 87.7 Å². The molecule has 1 atom stereocenters. The van der Waals surface area contributed by atoms with Gasteiger partial charge in [0.15, 0.2) is 0 Å². The lowest BCUT2D eigenvalue weighted by atomic mass is 10.1. The predicted octanol–water partition coefficient (Wildman–Crippen LogP) is 0.364. The smallest absolute Gasteiger partial charge is 0.243 e. The largest absolute Gasteiger partial charge is 0.379 e. The molecule has 0 radical (unpaired) electrons. The van der Waals surface area contributed by atoms with Crippen molar-refractivity contribution >= 4 is 15.9 Å². The van der Waals surface area contributed by atoms with E-state index >= 15 is 0 Å². The van der Waals surface area contributed by atoms with E-state index in [1.165, 1.54) is 4.31 Å². The van der Waals surface area contributed by atoms with Crippen molar-refractivity contribution < 1.29 is 17.9 Å². The van der Waals surface area contributed by atoms with Crippen LogP contribution in [-0.4, -0.2) is 64.6 Å². The molecule has 1 saturated heterocycles. The number of sulfonamides is 1. The van der Waals surface area contributed by atoms with Gasteiger partial charge in [0.2, 0.25) is 15.9 Å². The number of morpholine rings is 1. The minimum atomic E-state index is -3.46. The Labute approximate surface area is 149 Å². The molecule has 2 N–H and O–H groups in total. The van der Waals surface area contributed by atoms with Crippen LogP contribution in [0.4, 0.5) is 0 Å². The Morgan fingerprint density at radius 2 is 1.88 bits per heavy atom. The predicted molar refractivity (Wildman–Crippen MR) is 95.9 cm³/mol. The van der Waals surface area contributed by atoms with Crippen molar-refractivity contribution in [1.29, 1.82) is 0 Å². The number of carbonyl (C=O) groups is 1. The second kappa shape index (κ2) is 9.28. The summed E-state index contributed by atoms with van der Waals surface area (Å²) in [5, 5.41) is 5.92. The zero-order chi connectivity index (χ0) is 18.3. The first kappa shape index (κ1) is 19.8. The van der Waals surface area contributed by atoms with E-state index in [0.29, 0.717) is 45.7 Å². The van der Waals surface area contributed by atoms with Crippen molar-refractivity contribution in [2.75, 3.05) is 39.9 Å². The summed E-state index contributed by atoms with van der Waals surface area (Å²) >= 11 is 0. The van der Waals surface area contributed by atoms with Crippen LogP contribution in [0.2, 0.25) is 0 Å². The Hall–Kier alpha value is -1.48. The van der Waals surface area contributed by atoms with Gasteiger partial charge in [0, 0.05) is 32.1 Å². The highest BCUT2D eigenvalue weighted by Gasteiger charge is 2.26. The highest BCUT2D eigenvalue weighted by atomic mass is 32.2. The van der Waals surface area contributed by atoms with Gasteiger partial charge in [-0.25, -0.2) is 8.42 Å². The van der Waals surface area contributed by atoms with Crippen LogP contribution in [0.3, 0.4) is 0 Å². The van der Waals surface area contributed by atoms with Gasteiger partial charge in [-0.3, -0.25) is 4.79 Å². The van der Waals surface area contributed by atoms with Crippen LogP contribution in [0.1, 0.15) is 18.9 Å². The van der Waals surface area contributed by atoms with Gasteiger partial charge in [-0.15, -0.1) is 0 Å². The molecule has 2 rings (SSSR count). The number of aryl methyl sites for hydroxylation is 1. The van der Waals surface area contributed by atoms with E-state index in [2.05, 4.69) is 10.6 Å². The van der Waals surface area contributed by atoms with Crippen LogP contribution < -0.4 is 10.6 Å². The molecule has 1 unspecified atom stereocenters. The molecule has 140 valence electrons. The number of carbonyl (C=O) groups excluding carboxylic acids is 1. The molecule has 1 aromatic rings. The molecule has 1 heterocycles. The minimum Gasteiger partial charge on any atom is -0.379 e. The number of rotatable bonds is 8. The van der Waals surface area contributed by atoms with Gasteiger partial charge in [-0.05, 0) is 38.1 Å². The van der Waals surface area contributed by atoms with Gasteiger partial charge in [0.1, 0.15) is 0 Å². The van der Waals surface area contributed by atoms with Gasteiger partial charge >= 0.3 is 0 Å². The van der Waals surface area contributed by atoms with Crippen LogP contribution >= 0.6 is 0 Å². The fourth-order valence-electron chi connectivity index (χ4n) is 2.48.